The van der Waals surface area contributed by atoms with Crippen LogP contribution in [0.3, 0.4) is 0 Å². The first-order valence-electron chi connectivity index (χ1n) is 5.46. The van der Waals surface area contributed by atoms with Gasteiger partial charge >= 0.3 is 5.97 Å². The van der Waals surface area contributed by atoms with Crippen LogP contribution in [0.5, 0.6) is 0 Å². The Kier molecular flexibility index (Phi) is 6.60. The third-order valence-electron chi connectivity index (χ3n) is 2.35. The largest absolute Gasteiger partial charge is 0.480 e. The summed E-state index contributed by atoms with van der Waals surface area (Å²) in [5.74, 6) is -0.703. The molecule has 0 spiro atoms. The highest BCUT2D eigenvalue weighted by atomic mass is 35.5. The molecule has 0 heterocycles. The van der Waals surface area contributed by atoms with Crippen molar-refractivity contribution in [1.29, 1.82) is 0 Å². The molecule has 1 atom stereocenters. The minimum Gasteiger partial charge on any atom is -0.480 e. The summed E-state index contributed by atoms with van der Waals surface area (Å²) in [6, 6.07) is 2.63. The van der Waals surface area contributed by atoms with Gasteiger partial charge in [0.05, 0.1) is 4.90 Å². The minimum atomic E-state index is -3.99. The number of thioether (sulfide) groups is 1. The number of carboxylic acids is 1. The number of carboxylic acid groups (broad SMARTS) is 1. The van der Waals surface area contributed by atoms with Crippen molar-refractivity contribution in [2.75, 3.05) is 12.0 Å². The van der Waals surface area contributed by atoms with Gasteiger partial charge in [-0.2, -0.15) is 16.5 Å². The van der Waals surface area contributed by atoms with Gasteiger partial charge in [0.1, 0.15) is 6.04 Å². The molecule has 0 aliphatic heterocycles. The zero-order valence-corrected chi connectivity index (χ0v) is 13.6. The summed E-state index contributed by atoms with van der Waals surface area (Å²) in [7, 11) is -3.99. The second-order valence-corrected chi connectivity index (χ2v) is 7.47. The highest BCUT2D eigenvalue weighted by molar-refractivity contribution is 7.98. The molecule has 1 aromatic rings. The van der Waals surface area contributed by atoms with Crippen LogP contribution in [-0.4, -0.2) is 37.5 Å². The highest BCUT2D eigenvalue weighted by Gasteiger charge is 2.25. The zero-order chi connectivity index (χ0) is 15.3. The maximum absolute atomic E-state index is 12.1. The lowest BCUT2D eigenvalue weighted by Gasteiger charge is -2.14. The summed E-state index contributed by atoms with van der Waals surface area (Å²) in [5.41, 5.74) is 0. The van der Waals surface area contributed by atoms with Gasteiger partial charge in [0.25, 0.3) is 0 Å². The lowest BCUT2D eigenvalue weighted by Crippen LogP contribution is -2.41. The quantitative estimate of drug-likeness (QED) is 0.782. The number of benzene rings is 1. The van der Waals surface area contributed by atoms with Crippen LogP contribution in [0.25, 0.3) is 0 Å². The van der Waals surface area contributed by atoms with Gasteiger partial charge in [-0.05, 0) is 36.6 Å². The Balaban J connectivity index is 3.00. The lowest BCUT2D eigenvalue weighted by molar-refractivity contribution is -0.139. The van der Waals surface area contributed by atoms with Crippen molar-refractivity contribution < 1.29 is 18.3 Å². The molecule has 0 unspecified atom stereocenters. The maximum Gasteiger partial charge on any atom is 0.321 e. The Morgan fingerprint density at radius 2 is 1.90 bits per heavy atom. The van der Waals surface area contributed by atoms with Crippen molar-refractivity contribution in [1.82, 2.24) is 4.72 Å². The Bertz CT molecular complexity index is 572. The Hall–Kier alpha value is -0.470. The van der Waals surface area contributed by atoms with E-state index in [4.69, 9.17) is 28.3 Å². The molecule has 0 saturated carbocycles. The van der Waals surface area contributed by atoms with Gasteiger partial charge in [0.15, 0.2) is 0 Å². The van der Waals surface area contributed by atoms with E-state index in [9.17, 15) is 13.2 Å². The normalized spacial score (nSPS) is 13.2. The first kappa shape index (κ1) is 17.6. The molecule has 0 amide bonds. The molecular formula is C11H13Cl2NO4S2. The fraction of sp³-hybridized carbons (Fsp3) is 0.364. The number of sulfonamides is 1. The van der Waals surface area contributed by atoms with Gasteiger partial charge in [-0.3, -0.25) is 4.79 Å². The smallest absolute Gasteiger partial charge is 0.321 e. The summed E-state index contributed by atoms with van der Waals surface area (Å²) in [6.07, 6.45) is 1.99. The van der Waals surface area contributed by atoms with Crippen molar-refractivity contribution in [3.63, 3.8) is 0 Å². The van der Waals surface area contributed by atoms with Crippen molar-refractivity contribution in [3.05, 3.63) is 28.2 Å². The second-order valence-electron chi connectivity index (χ2n) is 3.90. The van der Waals surface area contributed by atoms with E-state index < -0.39 is 22.0 Å². The predicted octanol–water partition coefficient (Wildman–Crippen LogP) is 2.48. The standard InChI is InChI=1S/C11H13Cl2NO4S2/c1-19-3-2-10(11(15)16)14-20(17,18)9-5-7(12)4-8(13)6-9/h4-6,10,14H,2-3H2,1H3,(H,15,16)/t10-/m0/s1. The van der Waals surface area contributed by atoms with Crippen LogP contribution in [0.15, 0.2) is 23.1 Å². The molecule has 1 aromatic carbocycles. The molecule has 0 saturated heterocycles. The van der Waals surface area contributed by atoms with Crippen LogP contribution in [0.4, 0.5) is 0 Å². The molecule has 0 aliphatic rings. The number of hydrogen-bond donors (Lipinski definition) is 2. The van der Waals surface area contributed by atoms with Gasteiger partial charge in [0, 0.05) is 10.0 Å². The topological polar surface area (TPSA) is 83.5 Å². The summed E-state index contributed by atoms with van der Waals surface area (Å²) in [4.78, 5) is 10.9. The molecule has 5 nitrogen and oxygen atoms in total. The SMILES string of the molecule is CSCC[C@H](NS(=O)(=O)c1cc(Cl)cc(Cl)c1)C(=O)O. The molecule has 9 heteroatoms. The van der Waals surface area contributed by atoms with Crippen LogP contribution in [0.1, 0.15) is 6.42 Å². The highest BCUT2D eigenvalue weighted by Crippen LogP contribution is 2.22. The Labute approximate surface area is 131 Å². The molecule has 20 heavy (non-hydrogen) atoms. The number of carbonyl (C=O) groups is 1. The minimum absolute atomic E-state index is 0.161. The summed E-state index contributed by atoms with van der Waals surface area (Å²) >= 11 is 12.9. The third-order valence-corrected chi connectivity index (χ3v) is 4.88. The number of nitrogens with one attached hydrogen (secondary N) is 1. The van der Waals surface area contributed by atoms with Crippen LogP contribution in [0.2, 0.25) is 10.0 Å². The molecule has 2 N–H and O–H groups in total. The van der Waals surface area contributed by atoms with Crippen LogP contribution >= 0.6 is 35.0 Å². The Morgan fingerprint density at radius 3 is 2.35 bits per heavy atom. The molecule has 0 fully saturated rings. The number of rotatable bonds is 7. The van der Waals surface area contributed by atoms with Crippen molar-refractivity contribution in [3.8, 4) is 0 Å². The molecule has 0 aromatic heterocycles. The molecule has 0 radical (unpaired) electrons. The number of hydrogen-bond acceptors (Lipinski definition) is 4. The third kappa shape index (κ3) is 5.14. The van der Waals surface area contributed by atoms with Gasteiger partial charge in [-0.15, -0.1) is 0 Å². The second kappa shape index (κ2) is 7.51. The van der Waals surface area contributed by atoms with Gasteiger partial charge < -0.3 is 5.11 Å². The molecule has 112 valence electrons. The van der Waals surface area contributed by atoms with Gasteiger partial charge in [-0.1, -0.05) is 23.2 Å². The predicted molar refractivity (Wildman–Crippen MR) is 81.2 cm³/mol. The lowest BCUT2D eigenvalue weighted by atomic mass is 10.2. The summed E-state index contributed by atoms with van der Waals surface area (Å²) < 4.78 is 26.4. The fourth-order valence-electron chi connectivity index (χ4n) is 1.41. The molecule has 1 rings (SSSR count). The van der Waals surface area contributed by atoms with Crippen LogP contribution in [-0.2, 0) is 14.8 Å². The van der Waals surface area contributed by atoms with Crippen molar-refractivity contribution >= 4 is 51.0 Å². The average molecular weight is 358 g/mol. The van der Waals surface area contributed by atoms with E-state index in [0.717, 1.165) is 0 Å². The summed E-state index contributed by atoms with van der Waals surface area (Å²) in [5, 5.41) is 9.35. The van der Waals surface area contributed by atoms with E-state index in [-0.39, 0.29) is 21.4 Å². The van der Waals surface area contributed by atoms with E-state index in [1.165, 1.54) is 30.0 Å². The van der Waals surface area contributed by atoms with Crippen molar-refractivity contribution in [2.45, 2.75) is 17.4 Å². The van der Waals surface area contributed by atoms with Crippen LogP contribution < -0.4 is 4.72 Å². The van der Waals surface area contributed by atoms with Gasteiger partial charge in [0.2, 0.25) is 10.0 Å². The maximum atomic E-state index is 12.1. The van der Waals surface area contributed by atoms with E-state index in [1.54, 1.807) is 0 Å². The van der Waals surface area contributed by atoms with Gasteiger partial charge in [-0.25, -0.2) is 8.42 Å². The van der Waals surface area contributed by atoms with Crippen molar-refractivity contribution in [2.24, 2.45) is 0 Å². The monoisotopic (exact) mass is 357 g/mol. The van der Waals surface area contributed by atoms with E-state index in [0.29, 0.717) is 5.75 Å². The number of aliphatic carboxylic acids is 1. The van der Waals surface area contributed by atoms with Crippen LogP contribution in [0, 0.1) is 0 Å². The zero-order valence-electron chi connectivity index (χ0n) is 10.5. The Morgan fingerprint density at radius 1 is 1.35 bits per heavy atom. The van der Waals surface area contributed by atoms with E-state index in [2.05, 4.69) is 4.72 Å². The molecule has 0 aliphatic carbocycles. The van der Waals surface area contributed by atoms with E-state index in [1.807, 2.05) is 6.26 Å². The first-order chi connectivity index (χ1) is 9.26. The fourth-order valence-corrected chi connectivity index (χ4v) is 3.83. The average Bonchev–Trinajstić information content (AvgIpc) is 2.32. The molecular weight excluding hydrogens is 345 g/mol. The first-order valence-corrected chi connectivity index (χ1v) is 9.09. The number of halogens is 2. The van der Waals surface area contributed by atoms with E-state index >= 15 is 0 Å². The molecule has 0 bridgehead atoms. The summed E-state index contributed by atoms with van der Waals surface area (Å²) in [6.45, 7) is 0.